The van der Waals surface area contributed by atoms with Crippen LogP contribution >= 0.6 is 0 Å². The summed E-state index contributed by atoms with van der Waals surface area (Å²) in [5, 5.41) is 6.04. The van der Waals surface area contributed by atoms with Crippen LogP contribution in [0.1, 0.15) is 50.8 Å². The summed E-state index contributed by atoms with van der Waals surface area (Å²) in [7, 11) is 0. The van der Waals surface area contributed by atoms with Gasteiger partial charge in [0.05, 0.1) is 18.8 Å². The highest BCUT2D eigenvalue weighted by Crippen LogP contribution is 2.46. The van der Waals surface area contributed by atoms with E-state index >= 15 is 0 Å². The third-order valence-electron chi connectivity index (χ3n) is 4.97. The van der Waals surface area contributed by atoms with Gasteiger partial charge in [0.1, 0.15) is 5.76 Å². The number of ether oxygens (including phenoxy) is 2. The van der Waals surface area contributed by atoms with E-state index in [4.69, 9.17) is 13.9 Å². The zero-order chi connectivity index (χ0) is 18.0. The van der Waals surface area contributed by atoms with Crippen LogP contribution in [0.2, 0.25) is 0 Å². The molecule has 4 rings (SSSR count). The first-order valence-corrected chi connectivity index (χ1v) is 9.22. The average Bonchev–Trinajstić information content (AvgIpc) is 3.28. The Hall–Kier alpha value is -2.47. The first-order valence-electron chi connectivity index (χ1n) is 9.22. The molecule has 1 atom stereocenters. The monoisotopic (exact) mass is 356 g/mol. The Morgan fingerprint density at radius 2 is 1.96 bits per heavy atom. The normalized spacial score (nSPS) is 18.7. The minimum atomic E-state index is -0.497. The Morgan fingerprint density at radius 1 is 1.15 bits per heavy atom. The lowest BCUT2D eigenvalue weighted by Gasteiger charge is -2.31. The van der Waals surface area contributed by atoms with Gasteiger partial charge < -0.3 is 19.2 Å². The molecule has 0 bridgehead atoms. The number of amides is 1. The third-order valence-corrected chi connectivity index (χ3v) is 4.97. The van der Waals surface area contributed by atoms with Gasteiger partial charge in [-0.25, -0.2) is 0 Å². The lowest BCUT2D eigenvalue weighted by molar-refractivity contribution is -0.115. The molecule has 2 N–H and O–H groups in total. The van der Waals surface area contributed by atoms with E-state index in [1.54, 1.807) is 6.26 Å². The number of fused-ring (bicyclic) bond motifs is 1. The number of anilines is 1. The standard InChI is InChI=1S/C20H24N2O4/c1-14(16-6-5-11-24-16)21-13-19(23)22-15-7-8-17-18(12-15)26-20(25-17)9-3-2-4-10-20/h5-8,11-12,14,21H,2-4,9-10,13H2,1H3,(H,22,23)/t14-/m0/s1. The maximum Gasteiger partial charge on any atom is 0.251 e. The van der Waals surface area contributed by atoms with Crippen molar-refractivity contribution in [3.05, 3.63) is 42.4 Å². The molecule has 0 unspecified atom stereocenters. The summed E-state index contributed by atoms with van der Waals surface area (Å²) >= 11 is 0. The van der Waals surface area contributed by atoms with Gasteiger partial charge in [0.25, 0.3) is 5.79 Å². The number of hydrogen-bond acceptors (Lipinski definition) is 5. The highest BCUT2D eigenvalue weighted by atomic mass is 16.7. The van der Waals surface area contributed by atoms with Crippen molar-refractivity contribution < 1.29 is 18.7 Å². The molecule has 0 saturated heterocycles. The second-order valence-corrected chi connectivity index (χ2v) is 7.00. The summed E-state index contributed by atoms with van der Waals surface area (Å²) in [6.45, 7) is 2.15. The SMILES string of the molecule is C[C@H](NCC(=O)Nc1ccc2c(c1)OC1(CCCCC1)O2)c1ccco1. The van der Waals surface area contributed by atoms with Gasteiger partial charge in [-0.15, -0.1) is 0 Å². The molecule has 6 heteroatoms. The molecule has 26 heavy (non-hydrogen) atoms. The maximum absolute atomic E-state index is 12.2. The van der Waals surface area contributed by atoms with Crippen molar-refractivity contribution >= 4 is 11.6 Å². The van der Waals surface area contributed by atoms with Crippen molar-refractivity contribution in [2.75, 3.05) is 11.9 Å². The number of furan rings is 1. The number of carbonyl (C=O) groups excluding carboxylic acids is 1. The van der Waals surface area contributed by atoms with Crippen molar-refractivity contribution in [2.24, 2.45) is 0 Å². The molecule has 1 aliphatic carbocycles. The fraction of sp³-hybridized carbons (Fsp3) is 0.450. The van der Waals surface area contributed by atoms with Crippen LogP contribution in [0.25, 0.3) is 0 Å². The lowest BCUT2D eigenvalue weighted by atomic mass is 9.94. The maximum atomic E-state index is 12.2. The van der Waals surface area contributed by atoms with E-state index in [-0.39, 0.29) is 18.5 Å². The second-order valence-electron chi connectivity index (χ2n) is 7.00. The molecule has 1 aliphatic heterocycles. The zero-order valence-corrected chi connectivity index (χ0v) is 14.9. The second kappa shape index (κ2) is 7.03. The predicted octanol–water partition coefficient (Wildman–Crippen LogP) is 4.00. The fourth-order valence-electron chi connectivity index (χ4n) is 3.56. The number of benzene rings is 1. The zero-order valence-electron chi connectivity index (χ0n) is 14.9. The summed E-state index contributed by atoms with van der Waals surface area (Å²) in [6.07, 6.45) is 6.93. The van der Waals surface area contributed by atoms with E-state index < -0.39 is 5.79 Å². The van der Waals surface area contributed by atoms with Crippen LogP contribution in [-0.2, 0) is 4.79 Å². The van der Waals surface area contributed by atoms with Crippen LogP contribution in [-0.4, -0.2) is 18.2 Å². The fourth-order valence-corrected chi connectivity index (χ4v) is 3.56. The number of rotatable bonds is 5. The first-order chi connectivity index (χ1) is 12.6. The van der Waals surface area contributed by atoms with Crippen LogP contribution in [0.3, 0.4) is 0 Å². The highest BCUT2D eigenvalue weighted by molar-refractivity contribution is 5.92. The average molecular weight is 356 g/mol. The van der Waals surface area contributed by atoms with Gasteiger partial charge in [-0.05, 0) is 44.0 Å². The van der Waals surface area contributed by atoms with Crippen molar-refractivity contribution in [3.8, 4) is 11.5 Å². The topological polar surface area (TPSA) is 72.7 Å². The van der Waals surface area contributed by atoms with E-state index in [1.807, 2.05) is 37.3 Å². The summed E-state index contributed by atoms with van der Waals surface area (Å²) in [6, 6.07) is 9.24. The minimum absolute atomic E-state index is 0.0290. The van der Waals surface area contributed by atoms with E-state index in [9.17, 15) is 4.79 Å². The van der Waals surface area contributed by atoms with Crippen LogP contribution in [0.4, 0.5) is 5.69 Å². The summed E-state index contributed by atoms with van der Waals surface area (Å²) in [4.78, 5) is 12.2. The Morgan fingerprint density at radius 3 is 2.73 bits per heavy atom. The molecular weight excluding hydrogens is 332 g/mol. The molecule has 2 heterocycles. The van der Waals surface area contributed by atoms with E-state index in [0.717, 1.165) is 37.2 Å². The summed E-state index contributed by atoms with van der Waals surface area (Å²) in [5.74, 6) is 1.66. The molecule has 1 amide bonds. The van der Waals surface area contributed by atoms with Gasteiger partial charge in [0.15, 0.2) is 11.5 Å². The van der Waals surface area contributed by atoms with Crippen molar-refractivity contribution in [2.45, 2.75) is 50.9 Å². The quantitative estimate of drug-likeness (QED) is 0.847. The molecule has 138 valence electrons. The van der Waals surface area contributed by atoms with Gasteiger partial charge >= 0.3 is 0 Å². The van der Waals surface area contributed by atoms with Crippen LogP contribution < -0.4 is 20.1 Å². The molecule has 1 spiro atoms. The van der Waals surface area contributed by atoms with Gasteiger partial charge in [0, 0.05) is 24.6 Å². The summed E-state index contributed by atoms with van der Waals surface area (Å²) < 4.78 is 17.5. The molecule has 6 nitrogen and oxygen atoms in total. The van der Waals surface area contributed by atoms with Crippen molar-refractivity contribution in [1.82, 2.24) is 5.32 Å². The molecule has 1 fully saturated rings. The smallest absolute Gasteiger partial charge is 0.251 e. The minimum Gasteiger partial charge on any atom is -0.468 e. The Bertz CT molecular complexity index is 766. The van der Waals surface area contributed by atoms with Gasteiger partial charge in [-0.2, -0.15) is 0 Å². The van der Waals surface area contributed by atoms with Crippen LogP contribution in [0.15, 0.2) is 41.0 Å². The first kappa shape index (κ1) is 17.0. The van der Waals surface area contributed by atoms with Crippen molar-refractivity contribution in [3.63, 3.8) is 0 Å². The van der Waals surface area contributed by atoms with Crippen LogP contribution in [0.5, 0.6) is 11.5 Å². The molecule has 1 aromatic carbocycles. The van der Waals surface area contributed by atoms with E-state index in [1.165, 1.54) is 6.42 Å². The predicted molar refractivity (Wildman–Crippen MR) is 97.3 cm³/mol. The van der Waals surface area contributed by atoms with Gasteiger partial charge in [0.2, 0.25) is 5.91 Å². The number of carbonyl (C=O) groups is 1. The highest BCUT2D eigenvalue weighted by Gasteiger charge is 2.42. The molecule has 1 saturated carbocycles. The largest absolute Gasteiger partial charge is 0.468 e. The number of nitrogens with one attached hydrogen (secondary N) is 2. The Kier molecular flexibility index (Phi) is 4.59. The molecule has 1 aromatic heterocycles. The van der Waals surface area contributed by atoms with Crippen LogP contribution in [0, 0.1) is 0 Å². The van der Waals surface area contributed by atoms with Gasteiger partial charge in [-0.3, -0.25) is 10.1 Å². The Labute approximate surface area is 152 Å². The van der Waals surface area contributed by atoms with Gasteiger partial charge in [-0.1, -0.05) is 6.42 Å². The molecular formula is C20H24N2O4. The molecule has 2 aromatic rings. The molecule has 0 radical (unpaired) electrons. The lowest BCUT2D eigenvalue weighted by Crippen LogP contribution is -2.40. The third kappa shape index (κ3) is 3.55. The van der Waals surface area contributed by atoms with E-state index in [0.29, 0.717) is 11.4 Å². The number of hydrogen-bond donors (Lipinski definition) is 2. The van der Waals surface area contributed by atoms with E-state index in [2.05, 4.69) is 10.6 Å². The van der Waals surface area contributed by atoms with Crippen molar-refractivity contribution in [1.29, 1.82) is 0 Å². The Balaban J connectivity index is 1.33. The molecule has 2 aliphatic rings. The summed E-state index contributed by atoms with van der Waals surface area (Å²) in [5.41, 5.74) is 0.706.